The van der Waals surface area contributed by atoms with E-state index in [-0.39, 0.29) is 16.8 Å². The van der Waals surface area contributed by atoms with Crippen LogP contribution in [0.4, 0.5) is 5.69 Å². The Labute approximate surface area is 120 Å². The molecule has 0 bridgehead atoms. The fourth-order valence-electron chi connectivity index (χ4n) is 1.73. The summed E-state index contributed by atoms with van der Waals surface area (Å²) in [7, 11) is -4.23. The van der Waals surface area contributed by atoms with Crippen LogP contribution in [-0.4, -0.2) is 24.9 Å². The molecular formula is C12H13N5O3S. The monoisotopic (exact) mass is 307 g/mol. The number of nitrogens with two attached hydrogens (primary N) is 3. The summed E-state index contributed by atoms with van der Waals surface area (Å²) in [5, 5.41) is 1.35. The molecule has 0 spiro atoms. The molecule has 2 rings (SSSR count). The van der Waals surface area contributed by atoms with Crippen molar-refractivity contribution in [3.63, 3.8) is 0 Å². The molecule has 0 aliphatic carbocycles. The van der Waals surface area contributed by atoms with Gasteiger partial charge in [-0.15, -0.1) is 0 Å². The van der Waals surface area contributed by atoms with Crippen LogP contribution in [0.2, 0.25) is 0 Å². The average Bonchev–Trinajstić information content (AvgIpc) is 2.35. The van der Waals surface area contributed by atoms with Crippen LogP contribution in [0.15, 0.2) is 51.3 Å². The van der Waals surface area contributed by atoms with Crippen molar-refractivity contribution in [3.8, 4) is 0 Å². The van der Waals surface area contributed by atoms with E-state index in [1.807, 2.05) is 0 Å². The van der Waals surface area contributed by atoms with Gasteiger partial charge in [-0.05, 0) is 35.0 Å². The first kappa shape index (κ1) is 14.8. The molecule has 9 heteroatoms. The lowest BCUT2D eigenvalue weighted by atomic mass is 10.1. The summed E-state index contributed by atoms with van der Waals surface area (Å²) in [6.45, 7) is 0. The van der Waals surface area contributed by atoms with Crippen molar-refractivity contribution in [1.82, 2.24) is 0 Å². The Morgan fingerprint density at radius 3 is 2.24 bits per heavy atom. The number of hydrogen-bond donors (Lipinski definition) is 4. The van der Waals surface area contributed by atoms with Gasteiger partial charge in [-0.2, -0.15) is 13.4 Å². The van der Waals surface area contributed by atoms with Gasteiger partial charge in [-0.3, -0.25) is 4.55 Å². The minimum atomic E-state index is -4.23. The number of guanidine groups is 2. The van der Waals surface area contributed by atoms with E-state index in [1.54, 1.807) is 24.3 Å². The topological polar surface area (TPSA) is 157 Å². The molecule has 0 aromatic heterocycles. The Morgan fingerprint density at radius 1 is 1.00 bits per heavy atom. The highest BCUT2D eigenvalue weighted by molar-refractivity contribution is 7.85. The van der Waals surface area contributed by atoms with Gasteiger partial charge in [-0.1, -0.05) is 12.1 Å². The van der Waals surface area contributed by atoms with Crippen molar-refractivity contribution < 1.29 is 13.0 Å². The summed E-state index contributed by atoms with van der Waals surface area (Å²) in [4.78, 5) is 7.41. The van der Waals surface area contributed by atoms with Gasteiger partial charge in [0.05, 0.1) is 10.6 Å². The molecule has 0 saturated carbocycles. The second-order valence-electron chi connectivity index (χ2n) is 4.17. The number of aliphatic imine (C=N–C) groups is 2. The second kappa shape index (κ2) is 5.38. The van der Waals surface area contributed by atoms with Gasteiger partial charge in [0, 0.05) is 0 Å². The van der Waals surface area contributed by atoms with Gasteiger partial charge in [0.1, 0.15) is 0 Å². The third-order valence-electron chi connectivity index (χ3n) is 2.58. The first-order chi connectivity index (χ1) is 9.75. The summed E-state index contributed by atoms with van der Waals surface area (Å²) < 4.78 is 31.1. The predicted molar refractivity (Wildman–Crippen MR) is 80.9 cm³/mol. The number of hydrogen-bond acceptors (Lipinski definition) is 3. The third-order valence-corrected chi connectivity index (χ3v) is 3.43. The van der Waals surface area contributed by atoms with E-state index < -0.39 is 10.1 Å². The molecule has 0 saturated heterocycles. The van der Waals surface area contributed by atoms with Crippen LogP contribution in [-0.2, 0) is 10.1 Å². The van der Waals surface area contributed by atoms with Gasteiger partial charge in [-0.25, -0.2) is 4.99 Å². The van der Waals surface area contributed by atoms with Gasteiger partial charge in [0.2, 0.25) is 5.96 Å². The highest BCUT2D eigenvalue weighted by atomic mass is 32.2. The first-order valence-electron chi connectivity index (χ1n) is 5.71. The smallest absolute Gasteiger partial charge is 0.294 e. The molecule has 0 fully saturated rings. The summed E-state index contributed by atoms with van der Waals surface area (Å²) >= 11 is 0. The predicted octanol–water partition coefficient (Wildman–Crippen LogP) is 0.306. The SMILES string of the molecule is NC(N)=NC(N)=Nc1ccc2cc(S(=O)(=O)O)ccc2c1. The minimum Gasteiger partial charge on any atom is -0.370 e. The van der Waals surface area contributed by atoms with E-state index in [0.717, 1.165) is 5.39 Å². The van der Waals surface area contributed by atoms with Crippen LogP contribution < -0.4 is 17.2 Å². The van der Waals surface area contributed by atoms with E-state index >= 15 is 0 Å². The van der Waals surface area contributed by atoms with Gasteiger partial charge >= 0.3 is 0 Å². The molecule has 0 aliphatic heterocycles. The molecule has 0 amide bonds. The summed E-state index contributed by atoms with van der Waals surface area (Å²) in [5.41, 5.74) is 16.4. The van der Waals surface area contributed by atoms with Crippen molar-refractivity contribution in [2.45, 2.75) is 4.90 Å². The Bertz CT molecular complexity index is 854. The number of rotatable bonds is 2. The Morgan fingerprint density at radius 2 is 1.62 bits per heavy atom. The molecule has 2 aromatic rings. The van der Waals surface area contributed by atoms with Gasteiger partial charge < -0.3 is 17.2 Å². The van der Waals surface area contributed by atoms with Crippen LogP contribution in [0.1, 0.15) is 0 Å². The van der Waals surface area contributed by atoms with E-state index in [2.05, 4.69) is 9.98 Å². The molecule has 0 unspecified atom stereocenters. The maximum atomic E-state index is 11.1. The number of nitrogens with zero attached hydrogens (tertiary/aromatic N) is 2. The van der Waals surface area contributed by atoms with Gasteiger partial charge in [0.25, 0.3) is 10.1 Å². The summed E-state index contributed by atoms with van der Waals surface area (Å²) in [6, 6.07) is 9.14. The fourth-order valence-corrected chi connectivity index (χ4v) is 2.25. The first-order valence-corrected chi connectivity index (χ1v) is 7.15. The number of benzene rings is 2. The van der Waals surface area contributed by atoms with Crippen molar-refractivity contribution in [3.05, 3.63) is 36.4 Å². The number of fused-ring (bicyclic) bond motifs is 1. The standard InChI is InChI=1S/C12H13N5O3S/c13-11(14)17-12(15)16-9-3-1-8-6-10(21(18,19)20)4-2-7(8)5-9/h1-6H,(H,18,19,20)(H6,13,14,15,16,17). The molecule has 110 valence electrons. The maximum absolute atomic E-state index is 11.1. The van der Waals surface area contributed by atoms with Crippen LogP contribution in [0.3, 0.4) is 0 Å². The third kappa shape index (κ3) is 3.68. The summed E-state index contributed by atoms with van der Waals surface area (Å²) in [6.07, 6.45) is 0. The quantitative estimate of drug-likeness (QED) is 0.355. The molecule has 0 aliphatic rings. The van der Waals surface area contributed by atoms with Crippen LogP contribution in [0.25, 0.3) is 10.8 Å². The highest BCUT2D eigenvalue weighted by Gasteiger charge is 2.09. The van der Waals surface area contributed by atoms with E-state index in [0.29, 0.717) is 11.1 Å². The molecule has 0 radical (unpaired) electrons. The molecule has 21 heavy (non-hydrogen) atoms. The lowest BCUT2D eigenvalue weighted by Gasteiger charge is -2.02. The zero-order valence-electron chi connectivity index (χ0n) is 10.8. The fraction of sp³-hybridized carbons (Fsp3) is 0. The van der Waals surface area contributed by atoms with Crippen LogP contribution in [0.5, 0.6) is 0 Å². The van der Waals surface area contributed by atoms with Crippen molar-refractivity contribution in [2.75, 3.05) is 0 Å². The van der Waals surface area contributed by atoms with E-state index in [1.165, 1.54) is 12.1 Å². The van der Waals surface area contributed by atoms with E-state index in [9.17, 15) is 8.42 Å². The van der Waals surface area contributed by atoms with Crippen LogP contribution >= 0.6 is 0 Å². The van der Waals surface area contributed by atoms with Gasteiger partial charge in [0.15, 0.2) is 5.96 Å². The highest BCUT2D eigenvalue weighted by Crippen LogP contribution is 2.24. The normalized spacial score (nSPS) is 12.3. The molecule has 7 N–H and O–H groups in total. The van der Waals surface area contributed by atoms with Crippen molar-refractivity contribution in [1.29, 1.82) is 0 Å². The summed E-state index contributed by atoms with van der Waals surface area (Å²) in [5.74, 6) is -0.293. The molecule has 2 aromatic carbocycles. The Balaban J connectivity index is 2.47. The van der Waals surface area contributed by atoms with Crippen molar-refractivity contribution in [2.24, 2.45) is 27.2 Å². The Hall–Kier alpha value is -2.65. The van der Waals surface area contributed by atoms with Crippen LogP contribution in [0, 0.1) is 0 Å². The zero-order chi connectivity index (χ0) is 15.6. The lowest BCUT2D eigenvalue weighted by molar-refractivity contribution is 0.483. The van der Waals surface area contributed by atoms with E-state index in [4.69, 9.17) is 21.8 Å². The lowest BCUT2D eigenvalue weighted by Crippen LogP contribution is -2.26. The molecular weight excluding hydrogens is 294 g/mol. The second-order valence-corrected chi connectivity index (χ2v) is 5.60. The average molecular weight is 307 g/mol. The largest absolute Gasteiger partial charge is 0.370 e. The van der Waals surface area contributed by atoms with Crippen molar-refractivity contribution >= 4 is 38.5 Å². The zero-order valence-corrected chi connectivity index (χ0v) is 11.6. The Kier molecular flexibility index (Phi) is 3.78. The molecule has 0 atom stereocenters. The molecule has 0 heterocycles. The maximum Gasteiger partial charge on any atom is 0.294 e. The minimum absolute atomic E-state index is 0.0936. The molecule has 8 nitrogen and oxygen atoms in total.